The first-order valence-electron chi connectivity index (χ1n) is 19.2. The van der Waals surface area contributed by atoms with Gasteiger partial charge in [0.2, 0.25) is 11.8 Å². The number of carbonyl (C=O) groups is 4. The van der Waals surface area contributed by atoms with Gasteiger partial charge in [-0.05, 0) is 43.0 Å². The number of benzene rings is 1. The summed E-state index contributed by atoms with van der Waals surface area (Å²) in [6.45, 7) is 7.58. The van der Waals surface area contributed by atoms with E-state index in [2.05, 4.69) is 20.3 Å². The van der Waals surface area contributed by atoms with Crippen molar-refractivity contribution in [2.24, 2.45) is 22.7 Å². The number of aromatic nitrogens is 2. The van der Waals surface area contributed by atoms with Crippen LogP contribution in [0.3, 0.4) is 0 Å². The van der Waals surface area contributed by atoms with Crippen LogP contribution in [0, 0.1) is 17.8 Å². The van der Waals surface area contributed by atoms with E-state index < -0.39 is 72.5 Å². The fourth-order valence-corrected chi connectivity index (χ4v) is 8.12. The van der Waals surface area contributed by atoms with Crippen molar-refractivity contribution in [3.05, 3.63) is 48.2 Å². The number of aliphatic imine (C=N–C) groups is 1. The number of nitrogens with zero attached hydrogens (tertiary/aromatic N) is 4. The quantitative estimate of drug-likeness (QED) is 0.149. The van der Waals surface area contributed by atoms with E-state index in [0.29, 0.717) is 50.9 Å². The Morgan fingerprint density at radius 1 is 0.897 bits per heavy atom. The first-order valence-corrected chi connectivity index (χ1v) is 19.2. The van der Waals surface area contributed by atoms with Crippen LogP contribution in [0.25, 0.3) is 39.0 Å². The van der Waals surface area contributed by atoms with Gasteiger partial charge in [0, 0.05) is 47.5 Å². The van der Waals surface area contributed by atoms with Gasteiger partial charge in [-0.2, -0.15) is 0 Å². The summed E-state index contributed by atoms with van der Waals surface area (Å²) in [7, 11) is 2.43. The van der Waals surface area contributed by atoms with Gasteiger partial charge in [-0.3, -0.25) is 19.4 Å². The Kier molecular flexibility index (Phi) is 10.7. The Balaban J connectivity index is 1.07. The molecule has 310 valence electrons. The van der Waals surface area contributed by atoms with Crippen LogP contribution in [0.4, 0.5) is 18.0 Å². The maximum Gasteiger partial charge on any atom is 0.407 e. The summed E-state index contributed by atoms with van der Waals surface area (Å²) in [5.41, 5.74) is 0.980. The molecule has 1 unspecified atom stereocenters. The van der Waals surface area contributed by atoms with Crippen LogP contribution in [0.15, 0.2) is 50.5 Å². The molecule has 3 amide bonds. The summed E-state index contributed by atoms with van der Waals surface area (Å²) >= 11 is 0. The van der Waals surface area contributed by atoms with Crippen molar-refractivity contribution >= 4 is 57.1 Å². The molecule has 2 N–H and O–H groups in total. The highest BCUT2D eigenvalue weighted by atomic mass is 19.3. The number of aromatic amines is 1. The van der Waals surface area contributed by atoms with Crippen LogP contribution < -0.4 is 5.32 Å². The number of ether oxygens (including phenoxy) is 2. The van der Waals surface area contributed by atoms with Crippen molar-refractivity contribution in [1.82, 2.24) is 25.1 Å². The highest BCUT2D eigenvalue weighted by Gasteiger charge is 2.51. The lowest BCUT2D eigenvalue weighted by atomic mass is 9.90. The van der Waals surface area contributed by atoms with Gasteiger partial charge < -0.3 is 38.4 Å². The average Bonchev–Trinajstić information content (AvgIpc) is 4.02. The summed E-state index contributed by atoms with van der Waals surface area (Å²) in [5, 5.41) is 4.00. The molecule has 0 bridgehead atoms. The number of alkyl halides is 3. The molecule has 58 heavy (non-hydrogen) atoms. The number of methoxy groups -OCH3 is 2. The highest BCUT2D eigenvalue weighted by molar-refractivity contribution is 6.04. The largest absolute Gasteiger partial charge is 0.469 e. The van der Waals surface area contributed by atoms with Crippen molar-refractivity contribution in [1.29, 1.82) is 0 Å². The first-order chi connectivity index (χ1) is 27.4. The second kappa shape index (κ2) is 15.3. The van der Waals surface area contributed by atoms with Gasteiger partial charge in [-0.25, -0.2) is 22.9 Å². The van der Waals surface area contributed by atoms with Gasteiger partial charge in [0.15, 0.2) is 5.76 Å². The molecule has 0 aliphatic carbocycles. The number of esters is 1. The fraction of sp³-hybridized carbons (Fsp3) is 0.512. The fourth-order valence-electron chi connectivity index (χ4n) is 8.12. The minimum Gasteiger partial charge on any atom is -0.469 e. The van der Waals surface area contributed by atoms with Gasteiger partial charge in [0.1, 0.15) is 40.2 Å². The average molecular weight is 809 g/mol. The van der Waals surface area contributed by atoms with Crippen molar-refractivity contribution in [3.63, 3.8) is 0 Å². The van der Waals surface area contributed by atoms with Gasteiger partial charge >= 0.3 is 12.1 Å². The summed E-state index contributed by atoms with van der Waals surface area (Å²) in [4.78, 5) is 66.1. The monoisotopic (exact) mass is 808 g/mol. The highest BCUT2D eigenvalue weighted by Crippen LogP contribution is 2.42. The number of rotatable bonds is 11. The van der Waals surface area contributed by atoms with Crippen molar-refractivity contribution in [2.45, 2.75) is 90.0 Å². The summed E-state index contributed by atoms with van der Waals surface area (Å²) in [5.74, 6) is -4.76. The number of alkyl carbamates (subject to hydrolysis) is 1. The molecule has 6 heterocycles. The van der Waals surface area contributed by atoms with Crippen molar-refractivity contribution < 1.29 is 50.7 Å². The summed E-state index contributed by atoms with van der Waals surface area (Å²) in [6, 6.07) is 4.63. The normalized spacial score (nSPS) is 22.8. The Morgan fingerprint density at radius 2 is 1.55 bits per heavy atom. The van der Waals surface area contributed by atoms with Gasteiger partial charge in [-0.15, -0.1) is 0 Å². The molecular weight excluding hydrogens is 761 g/mol. The molecule has 3 aliphatic heterocycles. The lowest BCUT2D eigenvalue weighted by molar-refractivity contribution is -0.148. The molecule has 0 radical (unpaired) electrons. The second-order valence-corrected chi connectivity index (χ2v) is 16.4. The first kappa shape index (κ1) is 40.6. The number of hydrogen-bond donors (Lipinski definition) is 2. The molecule has 14 nitrogen and oxygen atoms in total. The number of H-pyrrole nitrogens is 1. The summed E-state index contributed by atoms with van der Waals surface area (Å²) < 4.78 is 67.1. The zero-order valence-electron chi connectivity index (χ0n) is 33.4. The number of likely N-dealkylation sites (tertiary alicyclic amines) is 2. The van der Waals surface area contributed by atoms with E-state index in [-0.39, 0.29) is 37.6 Å². The van der Waals surface area contributed by atoms with E-state index >= 15 is 4.39 Å². The SMILES string of the molecule is COC(=O)C[C@H](C(=O)N1CC(F)(F)C[C@H]1C1=NC=C(c2cc3cc4oc(-c5cnc([C@@H]6CC(C)(F)CN6C(=O)[C@@H](NC(=O)OC)C(C)C)[nH]5)cc4cc3o2)C1)C(C)C. The minimum absolute atomic E-state index is 0.00425. The zero-order valence-corrected chi connectivity index (χ0v) is 33.4. The molecule has 3 aliphatic rings. The number of amides is 3. The van der Waals surface area contributed by atoms with E-state index in [4.69, 9.17) is 18.3 Å². The topological polar surface area (TPSA) is 173 Å². The molecule has 2 saturated heterocycles. The number of imidazole rings is 1. The molecular formula is C41H47F3N6O8. The lowest BCUT2D eigenvalue weighted by Crippen LogP contribution is -2.51. The Labute approximate surface area is 332 Å². The van der Waals surface area contributed by atoms with Gasteiger partial charge in [0.25, 0.3) is 5.92 Å². The van der Waals surface area contributed by atoms with Crippen molar-refractivity contribution in [3.8, 4) is 11.5 Å². The summed E-state index contributed by atoms with van der Waals surface area (Å²) in [6.07, 6.45) is 1.78. The maximum absolute atomic E-state index is 15.5. The third-order valence-electron chi connectivity index (χ3n) is 11.2. The van der Waals surface area contributed by atoms with Crippen LogP contribution in [0.2, 0.25) is 0 Å². The smallest absolute Gasteiger partial charge is 0.407 e. The lowest BCUT2D eigenvalue weighted by Gasteiger charge is -2.30. The maximum atomic E-state index is 15.5. The Hall–Kier alpha value is -5.61. The predicted molar refractivity (Wildman–Crippen MR) is 206 cm³/mol. The van der Waals surface area contributed by atoms with E-state index in [9.17, 15) is 28.0 Å². The van der Waals surface area contributed by atoms with E-state index in [1.54, 1.807) is 46.2 Å². The second-order valence-electron chi connectivity index (χ2n) is 16.4. The number of carbonyl (C=O) groups excluding carboxylic acids is 4. The minimum atomic E-state index is -3.12. The number of furan rings is 2. The Morgan fingerprint density at radius 3 is 2.19 bits per heavy atom. The number of halogens is 3. The van der Waals surface area contributed by atoms with Crippen LogP contribution in [0.5, 0.6) is 0 Å². The molecule has 3 aromatic heterocycles. The number of fused-ring (bicyclic) bond motifs is 2. The van der Waals surface area contributed by atoms with Crippen LogP contribution in [-0.2, 0) is 23.9 Å². The van der Waals surface area contributed by atoms with Crippen LogP contribution in [0.1, 0.15) is 77.9 Å². The van der Waals surface area contributed by atoms with Crippen LogP contribution >= 0.6 is 0 Å². The van der Waals surface area contributed by atoms with E-state index in [1.165, 1.54) is 26.0 Å². The molecule has 17 heteroatoms. The molecule has 4 aromatic rings. The molecule has 2 fully saturated rings. The number of nitrogens with one attached hydrogen (secondary N) is 2. The van der Waals surface area contributed by atoms with Gasteiger partial charge in [0.05, 0.1) is 57.9 Å². The molecule has 7 rings (SSSR count). The molecule has 0 saturated carbocycles. The third kappa shape index (κ3) is 7.94. The third-order valence-corrected chi connectivity index (χ3v) is 11.2. The standard InChI is InChI=1S/C41H47F3N6O8/c1-20(2)25(13-34(51)55-6)37(52)50-19-41(43,44)15-28(50)26-8-24(16-45-26)32-11-22-9-31-23(10-30(22)57-32)12-33(58-31)27-17-46-36(47-27)29-14-40(5,42)18-49(29)38(53)35(21(3)4)48-39(54)56-7/h9-12,16-17,20-21,25,28-29,35H,8,13-15,18-19H2,1-7H3,(H,46,47)(H,48,54)/t25-,28-,29-,35-,40?/m0/s1. The van der Waals surface area contributed by atoms with E-state index in [1.807, 2.05) is 18.2 Å². The number of allylic oxidation sites excluding steroid dienone is 1. The number of hydrogen-bond acceptors (Lipinski definition) is 10. The van der Waals surface area contributed by atoms with Crippen molar-refractivity contribution in [2.75, 3.05) is 27.3 Å². The molecule has 0 spiro atoms. The van der Waals surface area contributed by atoms with E-state index in [0.717, 1.165) is 10.3 Å². The van der Waals surface area contributed by atoms with Crippen LogP contribution in [-0.4, -0.2) is 100 Å². The van der Waals surface area contributed by atoms with Gasteiger partial charge in [-0.1, -0.05) is 27.7 Å². The molecule has 1 aromatic carbocycles. The zero-order chi connectivity index (χ0) is 41.8. The predicted octanol–water partition coefficient (Wildman–Crippen LogP) is 7.21. The Bertz CT molecular complexity index is 2270. The molecule has 5 atom stereocenters.